The highest BCUT2D eigenvalue weighted by molar-refractivity contribution is 6.34. The molecule has 0 saturated carbocycles. The Morgan fingerprint density at radius 2 is 1.70 bits per heavy atom. The summed E-state index contributed by atoms with van der Waals surface area (Å²) in [5.41, 5.74) is 2.98. The monoisotopic (exact) mass is 383 g/mol. The van der Waals surface area contributed by atoms with Crippen molar-refractivity contribution in [1.82, 2.24) is 9.97 Å². The summed E-state index contributed by atoms with van der Waals surface area (Å²) in [6.45, 7) is 0. The van der Waals surface area contributed by atoms with E-state index < -0.39 is 17.5 Å². The summed E-state index contributed by atoms with van der Waals surface area (Å²) in [6, 6.07) is 16.2. The van der Waals surface area contributed by atoms with E-state index in [0.717, 1.165) is 28.7 Å². The van der Waals surface area contributed by atoms with Gasteiger partial charge in [-0.25, -0.2) is 13.8 Å². The fourth-order valence-electron chi connectivity index (χ4n) is 2.70. The molecule has 4 aromatic rings. The van der Waals surface area contributed by atoms with Gasteiger partial charge in [-0.1, -0.05) is 23.7 Å². The molecule has 134 valence electrons. The average Bonchev–Trinajstić information content (AvgIpc) is 3.09. The number of anilines is 1. The van der Waals surface area contributed by atoms with E-state index >= 15 is 0 Å². The molecule has 0 aliphatic heterocycles. The summed E-state index contributed by atoms with van der Waals surface area (Å²) in [7, 11) is 0. The first kappa shape index (κ1) is 17.2. The van der Waals surface area contributed by atoms with Crippen molar-refractivity contribution in [3.05, 3.63) is 82.9 Å². The van der Waals surface area contributed by atoms with E-state index in [-0.39, 0.29) is 10.6 Å². The van der Waals surface area contributed by atoms with E-state index in [1.165, 1.54) is 0 Å². The van der Waals surface area contributed by atoms with Gasteiger partial charge in [0.2, 0.25) is 0 Å². The van der Waals surface area contributed by atoms with Crippen LogP contribution in [0, 0.1) is 11.6 Å². The number of para-hydroxylation sites is 2. The van der Waals surface area contributed by atoms with Gasteiger partial charge in [-0.05, 0) is 48.5 Å². The summed E-state index contributed by atoms with van der Waals surface area (Å²) in [5.74, 6) is -2.16. The smallest absolute Gasteiger partial charge is 0.257 e. The lowest BCUT2D eigenvalue weighted by Gasteiger charge is -2.08. The van der Waals surface area contributed by atoms with Crippen LogP contribution >= 0.6 is 11.6 Å². The zero-order valence-corrected chi connectivity index (χ0v) is 14.5. The maximum atomic E-state index is 13.4. The van der Waals surface area contributed by atoms with Gasteiger partial charge in [-0.2, -0.15) is 0 Å². The van der Waals surface area contributed by atoms with Crippen molar-refractivity contribution < 1.29 is 13.6 Å². The first-order valence-electron chi connectivity index (χ1n) is 8.02. The van der Waals surface area contributed by atoms with Crippen LogP contribution in [0.15, 0.2) is 60.7 Å². The van der Waals surface area contributed by atoms with E-state index in [1.807, 2.05) is 24.3 Å². The summed E-state index contributed by atoms with van der Waals surface area (Å²) < 4.78 is 26.5. The number of hydrogen-bond donors (Lipinski definition) is 2. The van der Waals surface area contributed by atoms with Crippen molar-refractivity contribution in [1.29, 1.82) is 0 Å². The molecule has 0 fully saturated rings. The van der Waals surface area contributed by atoms with Crippen molar-refractivity contribution >= 4 is 34.2 Å². The SMILES string of the molecule is O=C(Nc1ccc(-c2nc3ccccc3[nH]2)cc1)c1cc(F)c(F)cc1Cl. The maximum absolute atomic E-state index is 13.4. The number of amides is 1. The Hall–Kier alpha value is -3.25. The number of carbonyl (C=O) groups is 1. The van der Waals surface area contributed by atoms with Crippen LogP contribution in [-0.4, -0.2) is 15.9 Å². The molecule has 1 aromatic heterocycles. The van der Waals surface area contributed by atoms with Gasteiger partial charge in [0, 0.05) is 11.3 Å². The third-order valence-electron chi connectivity index (χ3n) is 4.06. The van der Waals surface area contributed by atoms with Crippen LogP contribution in [-0.2, 0) is 0 Å². The van der Waals surface area contributed by atoms with Crippen LogP contribution in [0.4, 0.5) is 14.5 Å². The van der Waals surface area contributed by atoms with Gasteiger partial charge < -0.3 is 10.3 Å². The normalized spacial score (nSPS) is 10.9. The Kier molecular flexibility index (Phi) is 4.33. The highest BCUT2D eigenvalue weighted by Crippen LogP contribution is 2.24. The van der Waals surface area contributed by atoms with E-state index in [0.29, 0.717) is 11.5 Å². The quantitative estimate of drug-likeness (QED) is 0.464. The van der Waals surface area contributed by atoms with E-state index in [1.54, 1.807) is 24.3 Å². The number of rotatable bonds is 3. The van der Waals surface area contributed by atoms with E-state index in [9.17, 15) is 13.6 Å². The topological polar surface area (TPSA) is 57.8 Å². The Morgan fingerprint density at radius 3 is 2.44 bits per heavy atom. The van der Waals surface area contributed by atoms with Gasteiger partial charge in [0.25, 0.3) is 5.91 Å². The zero-order chi connectivity index (χ0) is 19.0. The van der Waals surface area contributed by atoms with Crippen LogP contribution in [0.5, 0.6) is 0 Å². The molecule has 1 heterocycles. The second-order valence-electron chi connectivity index (χ2n) is 5.88. The third kappa shape index (κ3) is 3.39. The molecule has 27 heavy (non-hydrogen) atoms. The third-order valence-corrected chi connectivity index (χ3v) is 4.37. The number of H-pyrrole nitrogens is 1. The molecule has 0 aliphatic rings. The van der Waals surface area contributed by atoms with Crippen molar-refractivity contribution in [3.63, 3.8) is 0 Å². The van der Waals surface area contributed by atoms with Crippen molar-refractivity contribution in [2.45, 2.75) is 0 Å². The van der Waals surface area contributed by atoms with Crippen LogP contribution in [0.25, 0.3) is 22.4 Å². The molecular formula is C20H12ClF2N3O. The van der Waals surface area contributed by atoms with Gasteiger partial charge >= 0.3 is 0 Å². The predicted molar refractivity (Wildman–Crippen MR) is 101 cm³/mol. The minimum atomic E-state index is -1.13. The van der Waals surface area contributed by atoms with Gasteiger partial charge in [-0.3, -0.25) is 4.79 Å². The minimum absolute atomic E-state index is 0.142. The average molecular weight is 384 g/mol. The molecule has 0 unspecified atom stereocenters. The minimum Gasteiger partial charge on any atom is -0.338 e. The highest BCUT2D eigenvalue weighted by atomic mass is 35.5. The maximum Gasteiger partial charge on any atom is 0.257 e. The van der Waals surface area contributed by atoms with Gasteiger partial charge in [0.05, 0.1) is 21.6 Å². The molecule has 0 spiro atoms. The molecule has 4 nitrogen and oxygen atoms in total. The Balaban J connectivity index is 1.56. The van der Waals surface area contributed by atoms with Crippen LogP contribution in [0.1, 0.15) is 10.4 Å². The molecule has 3 aromatic carbocycles. The lowest BCUT2D eigenvalue weighted by atomic mass is 10.1. The largest absolute Gasteiger partial charge is 0.338 e. The molecule has 0 bridgehead atoms. The number of aromatic amines is 1. The number of imidazole rings is 1. The molecule has 0 atom stereocenters. The number of fused-ring (bicyclic) bond motifs is 1. The van der Waals surface area contributed by atoms with Gasteiger partial charge in [0.15, 0.2) is 11.6 Å². The summed E-state index contributed by atoms with van der Waals surface area (Å²) in [5, 5.41) is 2.45. The van der Waals surface area contributed by atoms with Crippen molar-refractivity contribution in [3.8, 4) is 11.4 Å². The molecule has 4 rings (SSSR count). The molecular weight excluding hydrogens is 372 g/mol. The second kappa shape index (κ2) is 6.81. The molecule has 0 radical (unpaired) electrons. The number of benzene rings is 3. The van der Waals surface area contributed by atoms with Crippen LogP contribution in [0.3, 0.4) is 0 Å². The number of hydrogen-bond acceptors (Lipinski definition) is 2. The standard InChI is InChI=1S/C20H12ClF2N3O/c21-14-10-16(23)15(22)9-13(14)20(27)24-12-7-5-11(6-8-12)19-25-17-3-1-2-4-18(17)26-19/h1-10H,(H,24,27)(H,25,26). The van der Waals surface area contributed by atoms with Crippen molar-refractivity contribution in [2.75, 3.05) is 5.32 Å². The molecule has 0 saturated heterocycles. The lowest BCUT2D eigenvalue weighted by molar-refractivity contribution is 0.102. The first-order valence-corrected chi connectivity index (χ1v) is 8.40. The molecule has 0 aliphatic carbocycles. The van der Waals surface area contributed by atoms with Crippen LogP contribution in [0.2, 0.25) is 5.02 Å². The van der Waals surface area contributed by atoms with E-state index in [4.69, 9.17) is 11.6 Å². The summed E-state index contributed by atoms with van der Waals surface area (Å²) >= 11 is 5.83. The number of aromatic nitrogens is 2. The molecule has 2 N–H and O–H groups in total. The Labute approximate surface area is 157 Å². The predicted octanol–water partition coefficient (Wildman–Crippen LogP) is 5.41. The number of nitrogens with zero attached hydrogens (tertiary/aromatic N) is 1. The molecule has 7 heteroatoms. The van der Waals surface area contributed by atoms with Gasteiger partial charge in [-0.15, -0.1) is 0 Å². The lowest BCUT2D eigenvalue weighted by Crippen LogP contribution is -2.13. The number of halogens is 3. The number of nitrogens with one attached hydrogen (secondary N) is 2. The second-order valence-corrected chi connectivity index (χ2v) is 6.29. The Bertz CT molecular complexity index is 1120. The number of carbonyl (C=O) groups excluding carboxylic acids is 1. The highest BCUT2D eigenvalue weighted by Gasteiger charge is 2.15. The summed E-state index contributed by atoms with van der Waals surface area (Å²) in [6.07, 6.45) is 0. The van der Waals surface area contributed by atoms with Gasteiger partial charge in [0.1, 0.15) is 5.82 Å². The fraction of sp³-hybridized carbons (Fsp3) is 0. The fourth-order valence-corrected chi connectivity index (χ4v) is 2.93. The molecule has 1 amide bonds. The zero-order valence-electron chi connectivity index (χ0n) is 13.8. The van der Waals surface area contributed by atoms with Crippen LogP contribution < -0.4 is 5.32 Å². The first-order chi connectivity index (χ1) is 13.0. The van der Waals surface area contributed by atoms with E-state index in [2.05, 4.69) is 15.3 Å². The van der Waals surface area contributed by atoms with Crippen molar-refractivity contribution in [2.24, 2.45) is 0 Å². The summed E-state index contributed by atoms with van der Waals surface area (Å²) in [4.78, 5) is 20.0. The Morgan fingerprint density at radius 1 is 1.00 bits per heavy atom.